The fourth-order valence-electron chi connectivity index (χ4n) is 2.60. The van der Waals surface area contributed by atoms with E-state index in [4.69, 9.17) is 4.74 Å². The lowest BCUT2D eigenvalue weighted by Crippen LogP contribution is -2.42. The van der Waals surface area contributed by atoms with E-state index in [0.29, 0.717) is 6.54 Å². The van der Waals surface area contributed by atoms with Crippen LogP contribution in [0.2, 0.25) is 0 Å². The minimum absolute atomic E-state index is 0.150. The molecule has 6 heteroatoms. The Morgan fingerprint density at radius 2 is 2.35 bits per heavy atom. The van der Waals surface area contributed by atoms with Crippen LogP contribution < -0.4 is 5.32 Å². The number of hydrogen-bond donors (Lipinski definition) is 1. The number of likely N-dealkylation sites (tertiary alicyclic amines) is 1. The van der Waals surface area contributed by atoms with Crippen molar-refractivity contribution in [2.24, 2.45) is 5.92 Å². The maximum atomic E-state index is 13.4. The molecule has 2 rings (SSSR count). The van der Waals surface area contributed by atoms with E-state index in [1.54, 1.807) is 0 Å². The average molecular weight is 248 g/mol. The summed E-state index contributed by atoms with van der Waals surface area (Å²) in [5.41, 5.74) is 0. The fraction of sp³-hybridized carbons (Fsp3) is 0.909. The maximum Gasteiger partial charge on any atom is 0.267 e. The molecule has 1 amide bonds. The molecule has 0 spiro atoms. The zero-order valence-corrected chi connectivity index (χ0v) is 9.92. The molecule has 2 aliphatic rings. The van der Waals surface area contributed by atoms with E-state index in [1.807, 2.05) is 0 Å². The van der Waals surface area contributed by atoms with Crippen LogP contribution in [0.4, 0.5) is 8.78 Å². The molecule has 0 radical (unpaired) electrons. The SMILES string of the molecule is COC[C@H]1CC(F)(F)CN1C(=O)[C@H]1CCNC1. The van der Waals surface area contributed by atoms with Gasteiger partial charge in [-0.1, -0.05) is 0 Å². The molecule has 0 aromatic heterocycles. The molecule has 0 bridgehead atoms. The lowest BCUT2D eigenvalue weighted by atomic mass is 10.1. The first-order valence-electron chi connectivity index (χ1n) is 5.91. The Balaban J connectivity index is 2.03. The van der Waals surface area contributed by atoms with E-state index >= 15 is 0 Å². The van der Waals surface area contributed by atoms with Crippen molar-refractivity contribution in [3.63, 3.8) is 0 Å². The van der Waals surface area contributed by atoms with Gasteiger partial charge in [0.15, 0.2) is 0 Å². The third-order valence-corrected chi connectivity index (χ3v) is 3.43. The number of carbonyl (C=O) groups is 1. The van der Waals surface area contributed by atoms with Crippen molar-refractivity contribution in [3.8, 4) is 0 Å². The molecule has 98 valence electrons. The predicted molar refractivity (Wildman–Crippen MR) is 57.9 cm³/mol. The van der Waals surface area contributed by atoms with Crippen LogP contribution in [0, 0.1) is 5.92 Å². The van der Waals surface area contributed by atoms with Gasteiger partial charge in [-0.2, -0.15) is 0 Å². The monoisotopic (exact) mass is 248 g/mol. The summed E-state index contributed by atoms with van der Waals surface area (Å²) in [5, 5.41) is 3.08. The Morgan fingerprint density at radius 3 is 2.94 bits per heavy atom. The Labute approximate surface area is 99.3 Å². The lowest BCUT2D eigenvalue weighted by Gasteiger charge is -2.25. The van der Waals surface area contributed by atoms with E-state index < -0.39 is 18.5 Å². The second-order valence-corrected chi connectivity index (χ2v) is 4.83. The van der Waals surface area contributed by atoms with Gasteiger partial charge >= 0.3 is 0 Å². The highest BCUT2D eigenvalue weighted by molar-refractivity contribution is 5.80. The zero-order chi connectivity index (χ0) is 12.5. The van der Waals surface area contributed by atoms with Gasteiger partial charge in [0.05, 0.1) is 25.1 Å². The maximum absolute atomic E-state index is 13.4. The Morgan fingerprint density at radius 1 is 1.59 bits per heavy atom. The number of alkyl halides is 2. The van der Waals surface area contributed by atoms with Gasteiger partial charge in [0, 0.05) is 20.1 Å². The first-order valence-corrected chi connectivity index (χ1v) is 5.91. The van der Waals surface area contributed by atoms with Gasteiger partial charge in [0.2, 0.25) is 5.91 Å². The van der Waals surface area contributed by atoms with E-state index in [9.17, 15) is 13.6 Å². The van der Waals surface area contributed by atoms with Crippen molar-refractivity contribution in [1.29, 1.82) is 0 Å². The average Bonchev–Trinajstić information content (AvgIpc) is 2.85. The van der Waals surface area contributed by atoms with E-state index in [-0.39, 0.29) is 24.9 Å². The third kappa shape index (κ3) is 2.74. The molecule has 0 aromatic carbocycles. The molecule has 2 saturated heterocycles. The summed E-state index contributed by atoms with van der Waals surface area (Å²) in [6.07, 6.45) is 0.452. The quantitative estimate of drug-likeness (QED) is 0.790. The molecular formula is C11H18F2N2O2. The molecule has 0 aliphatic carbocycles. The van der Waals surface area contributed by atoms with Crippen LogP contribution in [-0.4, -0.2) is 56.1 Å². The molecule has 2 heterocycles. The largest absolute Gasteiger partial charge is 0.383 e. The Bertz CT molecular complexity index is 293. The van der Waals surface area contributed by atoms with Gasteiger partial charge in [-0.05, 0) is 13.0 Å². The molecule has 0 aromatic rings. The topological polar surface area (TPSA) is 41.6 Å². The molecule has 1 N–H and O–H groups in total. The number of rotatable bonds is 3. The van der Waals surface area contributed by atoms with Gasteiger partial charge in [-0.15, -0.1) is 0 Å². The van der Waals surface area contributed by atoms with Crippen LogP contribution in [0.5, 0.6) is 0 Å². The van der Waals surface area contributed by atoms with Crippen molar-refractivity contribution < 1.29 is 18.3 Å². The summed E-state index contributed by atoms with van der Waals surface area (Å²) in [5.74, 6) is -3.08. The number of amides is 1. The van der Waals surface area contributed by atoms with Gasteiger partial charge < -0.3 is 15.0 Å². The van der Waals surface area contributed by atoms with E-state index in [2.05, 4.69) is 5.32 Å². The van der Waals surface area contributed by atoms with Gasteiger partial charge in [0.1, 0.15) is 0 Å². The van der Waals surface area contributed by atoms with E-state index in [0.717, 1.165) is 13.0 Å². The molecule has 2 fully saturated rings. The second-order valence-electron chi connectivity index (χ2n) is 4.83. The number of halogens is 2. The minimum Gasteiger partial charge on any atom is -0.383 e. The zero-order valence-electron chi connectivity index (χ0n) is 9.92. The molecule has 0 saturated carbocycles. The molecular weight excluding hydrogens is 230 g/mol. The second kappa shape index (κ2) is 4.86. The smallest absolute Gasteiger partial charge is 0.267 e. The Kier molecular flexibility index (Phi) is 3.63. The molecule has 2 aliphatic heterocycles. The summed E-state index contributed by atoms with van der Waals surface area (Å²) < 4.78 is 31.6. The van der Waals surface area contributed by atoms with E-state index in [1.165, 1.54) is 12.0 Å². The number of ether oxygens (including phenoxy) is 1. The summed E-state index contributed by atoms with van der Waals surface area (Å²) in [6, 6.07) is -0.483. The predicted octanol–water partition coefficient (Wildman–Crippen LogP) is 0.479. The highest BCUT2D eigenvalue weighted by Gasteiger charge is 2.48. The number of nitrogens with zero attached hydrogens (tertiary/aromatic N) is 1. The normalized spacial score (nSPS) is 32.1. The van der Waals surface area contributed by atoms with Gasteiger partial charge in [-0.3, -0.25) is 4.79 Å². The first-order chi connectivity index (χ1) is 8.03. The molecule has 2 atom stereocenters. The van der Waals surface area contributed by atoms with Crippen LogP contribution in [0.1, 0.15) is 12.8 Å². The van der Waals surface area contributed by atoms with Gasteiger partial charge in [-0.25, -0.2) is 8.78 Å². The highest BCUT2D eigenvalue weighted by Crippen LogP contribution is 2.33. The third-order valence-electron chi connectivity index (χ3n) is 3.43. The fourth-order valence-corrected chi connectivity index (χ4v) is 2.60. The van der Waals surface area contributed by atoms with Crippen molar-refractivity contribution >= 4 is 5.91 Å². The molecule has 17 heavy (non-hydrogen) atoms. The van der Waals surface area contributed by atoms with Crippen molar-refractivity contribution in [2.75, 3.05) is 33.4 Å². The van der Waals surface area contributed by atoms with Crippen molar-refractivity contribution in [2.45, 2.75) is 24.8 Å². The summed E-state index contributed by atoms with van der Waals surface area (Å²) in [4.78, 5) is 13.4. The number of carbonyl (C=O) groups excluding carboxylic acids is 1. The van der Waals surface area contributed by atoms with Crippen LogP contribution in [-0.2, 0) is 9.53 Å². The Hall–Kier alpha value is -0.750. The van der Waals surface area contributed by atoms with Crippen LogP contribution in [0.3, 0.4) is 0 Å². The first kappa shape index (κ1) is 12.7. The number of nitrogens with one attached hydrogen (secondary N) is 1. The van der Waals surface area contributed by atoms with Crippen LogP contribution in [0.25, 0.3) is 0 Å². The number of methoxy groups -OCH3 is 1. The molecule has 0 unspecified atom stereocenters. The lowest BCUT2D eigenvalue weighted by molar-refractivity contribution is -0.137. The standard InChI is InChI=1S/C11H18F2N2O2/c1-17-6-9-4-11(12,13)7-15(9)10(16)8-2-3-14-5-8/h8-9,14H,2-7H2,1H3/t8-,9+/m0/s1. The number of hydrogen-bond acceptors (Lipinski definition) is 3. The highest BCUT2D eigenvalue weighted by atomic mass is 19.3. The van der Waals surface area contributed by atoms with Crippen LogP contribution in [0.15, 0.2) is 0 Å². The van der Waals surface area contributed by atoms with Crippen LogP contribution >= 0.6 is 0 Å². The van der Waals surface area contributed by atoms with Crippen molar-refractivity contribution in [3.05, 3.63) is 0 Å². The molecule has 4 nitrogen and oxygen atoms in total. The summed E-state index contributed by atoms with van der Waals surface area (Å²) in [6.45, 7) is 1.11. The van der Waals surface area contributed by atoms with Gasteiger partial charge in [0.25, 0.3) is 5.92 Å². The summed E-state index contributed by atoms with van der Waals surface area (Å²) >= 11 is 0. The minimum atomic E-state index is -2.77. The summed E-state index contributed by atoms with van der Waals surface area (Å²) in [7, 11) is 1.47. The van der Waals surface area contributed by atoms with Crippen molar-refractivity contribution in [1.82, 2.24) is 10.2 Å².